The second-order valence-electron chi connectivity index (χ2n) is 4.02. The molecule has 2 N–H and O–H groups in total. The molecule has 0 saturated heterocycles. The highest BCUT2D eigenvalue weighted by molar-refractivity contribution is 5.88. The van der Waals surface area contributed by atoms with Gasteiger partial charge in [0.2, 0.25) is 0 Å². The molecule has 2 nitrogen and oxygen atoms in total. The van der Waals surface area contributed by atoms with Gasteiger partial charge in [-0.25, -0.2) is 0 Å². The standard InChI is InChI=1S/C13H15NO/c1-9(2)14-12-7-10-5-3-4-6-11(10)8-13(12)15/h3-9,14-15H,1-2H3. The molecule has 2 rings (SSSR count). The summed E-state index contributed by atoms with van der Waals surface area (Å²) in [7, 11) is 0. The molecule has 0 atom stereocenters. The van der Waals surface area contributed by atoms with Crippen LogP contribution in [0, 0.1) is 0 Å². The number of benzene rings is 2. The van der Waals surface area contributed by atoms with E-state index < -0.39 is 0 Å². The second kappa shape index (κ2) is 3.81. The van der Waals surface area contributed by atoms with E-state index in [-0.39, 0.29) is 0 Å². The number of fused-ring (bicyclic) bond motifs is 1. The van der Waals surface area contributed by atoms with Crippen LogP contribution in [0.25, 0.3) is 10.8 Å². The van der Waals surface area contributed by atoms with Crippen molar-refractivity contribution >= 4 is 16.5 Å². The van der Waals surface area contributed by atoms with Gasteiger partial charge in [-0.1, -0.05) is 24.3 Å². The monoisotopic (exact) mass is 201 g/mol. The Labute approximate surface area is 89.6 Å². The predicted octanol–water partition coefficient (Wildman–Crippen LogP) is 3.37. The normalized spacial score (nSPS) is 10.9. The smallest absolute Gasteiger partial charge is 0.139 e. The Morgan fingerprint density at radius 3 is 2.27 bits per heavy atom. The number of rotatable bonds is 2. The van der Waals surface area contributed by atoms with E-state index in [1.165, 1.54) is 0 Å². The van der Waals surface area contributed by atoms with Gasteiger partial charge in [0.1, 0.15) is 5.75 Å². The molecule has 0 unspecified atom stereocenters. The van der Waals surface area contributed by atoms with Gasteiger partial charge in [0, 0.05) is 6.04 Å². The number of phenols is 1. The summed E-state index contributed by atoms with van der Waals surface area (Å²) >= 11 is 0. The van der Waals surface area contributed by atoms with E-state index in [1.54, 1.807) is 6.07 Å². The molecule has 78 valence electrons. The zero-order valence-electron chi connectivity index (χ0n) is 8.99. The summed E-state index contributed by atoms with van der Waals surface area (Å²) in [4.78, 5) is 0. The van der Waals surface area contributed by atoms with Crippen LogP contribution < -0.4 is 5.32 Å². The van der Waals surface area contributed by atoms with Crippen molar-refractivity contribution in [1.82, 2.24) is 0 Å². The van der Waals surface area contributed by atoms with Crippen molar-refractivity contribution in [3.63, 3.8) is 0 Å². The Balaban J connectivity index is 2.52. The number of phenolic OH excluding ortho intramolecular Hbond substituents is 1. The first-order chi connectivity index (χ1) is 7.16. The summed E-state index contributed by atoms with van der Waals surface area (Å²) in [6, 6.07) is 12.1. The first-order valence-electron chi connectivity index (χ1n) is 5.15. The van der Waals surface area contributed by atoms with Crippen LogP contribution in [0.1, 0.15) is 13.8 Å². The molecule has 2 heteroatoms. The van der Waals surface area contributed by atoms with Crippen LogP contribution in [0.3, 0.4) is 0 Å². The molecule has 0 amide bonds. The van der Waals surface area contributed by atoms with E-state index >= 15 is 0 Å². The predicted molar refractivity (Wildman–Crippen MR) is 64.4 cm³/mol. The Kier molecular flexibility index (Phi) is 2.50. The van der Waals surface area contributed by atoms with Crippen molar-refractivity contribution in [3.8, 4) is 5.75 Å². The van der Waals surface area contributed by atoms with Crippen LogP contribution in [0.5, 0.6) is 5.75 Å². The third kappa shape index (κ3) is 2.04. The quantitative estimate of drug-likeness (QED) is 0.730. The summed E-state index contributed by atoms with van der Waals surface area (Å²) < 4.78 is 0. The molecule has 2 aromatic rings. The summed E-state index contributed by atoms with van der Waals surface area (Å²) in [5, 5.41) is 15.2. The molecule has 0 aliphatic carbocycles. The lowest BCUT2D eigenvalue weighted by Gasteiger charge is -2.12. The van der Waals surface area contributed by atoms with Gasteiger partial charge >= 0.3 is 0 Å². The van der Waals surface area contributed by atoms with E-state index in [0.29, 0.717) is 11.8 Å². The molecule has 0 saturated carbocycles. The van der Waals surface area contributed by atoms with E-state index in [2.05, 4.69) is 19.2 Å². The molecular formula is C13H15NO. The van der Waals surface area contributed by atoms with Crippen LogP contribution in [0.2, 0.25) is 0 Å². The first-order valence-corrected chi connectivity index (χ1v) is 5.15. The van der Waals surface area contributed by atoms with E-state index in [9.17, 15) is 5.11 Å². The van der Waals surface area contributed by atoms with Crippen molar-refractivity contribution < 1.29 is 5.11 Å². The third-order valence-electron chi connectivity index (χ3n) is 2.31. The van der Waals surface area contributed by atoms with Gasteiger partial charge in [0.05, 0.1) is 5.69 Å². The van der Waals surface area contributed by atoms with Gasteiger partial charge in [-0.15, -0.1) is 0 Å². The fourth-order valence-electron chi connectivity index (χ4n) is 1.65. The Hall–Kier alpha value is -1.70. The van der Waals surface area contributed by atoms with Crippen molar-refractivity contribution in [1.29, 1.82) is 0 Å². The molecule has 0 aromatic heterocycles. The number of nitrogens with one attached hydrogen (secondary N) is 1. The minimum atomic E-state index is 0.308. The minimum absolute atomic E-state index is 0.308. The van der Waals surface area contributed by atoms with Crippen molar-refractivity contribution in [3.05, 3.63) is 36.4 Å². The Morgan fingerprint density at radius 2 is 1.67 bits per heavy atom. The van der Waals surface area contributed by atoms with Gasteiger partial charge in [-0.3, -0.25) is 0 Å². The first kappa shape index (κ1) is 9.84. The maximum absolute atomic E-state index is 9.79. The van der Waals surface area contributed by atoms with Gasteiger partial charge in [-0.05, 0) is 36.8 Å². The summed E-state index contributed by atoms with van der Waals surface area (Å²) in [5.41, 5.74) is 0.795. The van der Waals surface area contributed by atoms with Crippen LogP contribution in [0.15, 0.2) is 36.4 Å². The van der Waals surface area contributed by atoms with E-state index in [0.717, 1.165) is 16.5 Å². The topological polar surface area (TPSA) is 32.3 Å². The largest absolute Gasteiger partial charge is 0.506 e. The fraction of sp³-hybridized carbons (Fsp3) is 0.231. The molecule has 0 fully saturated rings. The zero-order chi connectivity index (χ0) is 10.8. The SMILES string of the molecule is CC(C)Nc1cc2ccccc2cc1O. The molecule has 0 spiro atoms. The van der Waals surface area contributed by atoms with Gasteiger partial charge in [-0.2, -0.15) is 0 Å². The van der Waals surface area contributed by atoms with Crippen molar-refractivity contribution in [2.45, 2.75) is 19.9 Å². The zero-order valence-corrected chi connectivity index (χ0v) is 8.99. The molecule has 0 radical (unpaired) electrons. The third-order valence-corrected chi connectivity index (χ3v) is 2.31. The molecule has 0 aliphatic heterocycles. The van der Waals surface area contributed by atoms with Crippen molar-refractivity contribution in [2.75, 3.05) is 5.32 Å². The molecule has 0 aliphatic rings. The van der Waals surface area contributed by atoms with E-state index in [1.807, 2.05) is 30.3 Å². The van der Waals surface area contributed by atoms with Crippen molar-refractivity contribution in [2.24, 2.45) is 0 Å². The average Bonchev–Trinajstić information content (AvgIpc) is 2.18. The van der Waals surface area contributed by atoms with Crippen LogP contribution in [-0.4, -0.2) is 11.1 Å². The average molecular weight is 201 g/mol. The van der Waals surface area contributed by atoms with Crippen LogP contribution >= 0.6 is 0 Å². The highest BCUT2D eigenvalue weighted by Gasteiger charge is 2.04. The second-order valence-corrected chi connectivity index (χ2v) is 4.02. The molecule has 0 heterocycles. The maximum Gasteiger partial charge on any atom is 0.139 e. The number of aromatic hydroxyl groups is 1. The lowest BCUT2D eigenvalue weighted by atomic mass is 10.1. The summed E-state index contributed by atoms with van der Waals surface area (Å²) in [6.07, 6.45) is 0. The van der Waals surface area contributed by atoms with Crippen LogP contribution in [-0.2, 0) is 0 Å². The lowest BCUT2D eigenvalue weighted by Crippen LogP contribution is -2.09. The highest BCUT2D eigenvalue weighted by atomic mass is 16.3. The Bertz CT molecular complexity index is 477. The minimum Gasteiger partial charge on any atom is -0.506 e. The van der Waals surface area contributed by atoms with Crippen LogP contribution in [0.4, 0.5) is 5.69 Å². The van der Waals surface area contributed by atoms with Gasteiger partial charge in [0.15, 0.2) is 0 Å². The Morgan fingerprint density at radius 1 is 1.07 bits per heavy atom. The molecular weight excluding hydrogens is 186 g/mol. The molecule has 15 heavy (non-hydrogen) atoms. The summed E-state index contributed by atoms with van der Waals surface area (Å²) in [6.45, 7) is 4.10. The highest BCUT2D eigenvalue weighted by Crippen LogP contribution is 2.29. The van der Waals surface area contributed by atoms with E-state index in [4.69, 9.17) is 0 Å². The number of anilines is 1. The number of hydrogen-bond donors (Lipinski definition) is 2. The lowest BCUT2D eigenvalue weighted by molar-refractivity contribution is 0.477. The number of hydrogen-bond acceptors (Lipinski definition) is 2. The maximum atomic E-state index is 9.79. The molecule has 0 bridgehead atoms. The van der Waals surface area contributed by atoms with Gasteiger partial charge in [0.25, 0.3) is 0 Å². The fourth-order valence-corrected chi connectivity index (χ4v) is 1.65. The molecule has 2 aromatic carbocycles. The summed E-state index contributed by atoms with van der Waals surface area (Å²) in [5.74, 6) is 0.308. The van der Waals surface area contributed by atoms with Gasteiger partial charge < -0.3 is 10.4 Å².